The number of methoxy groups -OCH3 is 1. The van der Waals surface area contributed by atoms with Crippen LogP contribution in [0.3, 0.4) is 0 Å². The van der Waals surface area contributed by atoms with Crippen molar-refractivity contribution in [3.05, 3.63) is 60.9 Å². The number of piperidine rings is 1. The van der Waals surface area contributed by atoms with Crippen LogP contribution < -0.4 is 19.9 Å². The summed E-state index contributed by atoms with van der Waals surface area (Å²) in [5, 5.41) is 3.11. The molecule has 4 rings (SSSR count). The van der Waals surface area contributed by atoms with Crippen molar-refractivity contribution in [3.8, 4) is 17.0 Å². The summed E-state index contributed by atoms with van der Waals surface area (Å²) in [4.78, 5) is 26.4. The monoisotopic (exact) mass is 459 g/mol. The molecule has 7 heteroatoms. The molecular formula is C27H33N5O2. The first-order valence-corrected chi connectivity index (χ1v) is 12.0. The van der Waals surface area contributed by atoms with Crippen molar-refractivity contribution in [2.45, 2.75) is 26.7 Å². The van der Waals surface area contributed by atoms with Gasteiger partial charge in [-0.15, -0.1) is 0 Å². The number of hydrogen-bond donors (Lipinski definition) is 1. The fourth-order valence-electron chi connectivity index (χ4n) is 4.43. The Morgan fingerprint density at radius 3 is 2.50 bits per heavy atom. The van der Waals surface area contributed by atoms with E-state index in [0.29, 0.717) is 6.54 Å². The van der Waals surface area contributed by atoms with Crippen molar-refractivity contribution in [3.63, 3.8) is 0 Å². The maximum Gasteiger partial charge on any atom is 0.229 e. The van der Waals surface area contributed by atoms with Crippen molar-refractivity contribution in [1.29, 1.82) is 0 Å². The summed E-state index contributed by atoms with van der Waals surface area (Å²) in [6.45, 7) is 7.73. The number of nitrogens with one attached hydrogen (secondary N) is 1. The molecule has 2 heterocycles. The predicted molar refractivity (Wildman–Crippen MR) is 138 cm³/mol. The molecule has 1 atom stereocenters. The summed E-state index contributed by atoms with van der Waals surface area (Å²) in [6.07, 6.45) is 3.41. The van der Waals surface area contributed by atoms with Gasteiger partial charge in [0.15, 0.2) is 0 Å². The van der Waals surface area contributed by atoms with Gasteiger partial charge in [-0.05, 0) is 75.2 Å². The second-order valence-corrected chi connectivity index (χ2v) is 8.48. The van der Waals surface area contributed by atoms with Crippen LogP contribution in [-0.4, -0.2) is 49.2 Å². The van der Waals surface area contributed by atoms with Gasteiger partial charge in [-0.25, -0.2) is 9.97 Å². The molecular weight excluding hydrogens is 426 g/mol. The topological polar surface area (TPSA) is 70.6 Å². The van der Waals surface area contributed by atoms with Crippen molar-refractivity contribution in [2.24, 2.45) is 5.92 Å². The Balaban J connectivity index is 1.41. The van der Waals surface area contributed by atoms with Gasteiger partial charge in [0.25, 0.3) is 0 Å². The molecule has 2 aromatic carbocycles. The van der Waals surface area contributed by atoms with Gasteiger partial charge in [-0.3, -0.25) is 4.79 Å². The smallest absolute Gasteiger partial charge is 0.229 e. The minimum Gasteiger partial charge on any atom is -0.497 e. The number of amides is 1. The van der Waals surface area contributed by atoms with Gasteiger partial charge >= 0.3 is 0 Å². The molecule has 0 radical (unpaired) electrons. The molecule has 0 aliphatic carbocycles. The van der Waals surface area contributed by atoms with E-state index in [-0.39, 0.29) is 11.8 Å². The number of nitrogens with zero attached hydrogens (tertiary/aromatic N) is 4. The van der Waals surface area contributed by atoms with E-state index >= 15 is 0 Å². The van der Waals surface area contributed by atoms with Gasteiger partial charge in [0.05, 0.1) is 18.7 Å². The van der Waals surface area contributed by atoms with Crippen molar-refractivity contribution in [1.82, 2.24) is 9.97 Å². The highest BCUT2D eigenvalue weighted by Gasteiger charge is 2.27. The maximum absolute atomic E-state index is 13.0. The lowest BCUT2D eigenvalue weighted by Gasteiger charge is -2.33. The zero-order chi connectivity index (χ0) is 23.9. The average Bonchev–Trinajstić information content (AvgIpc) is 2.90. The van der Waals surface area contributed by atoms with Gasteiger partial charge in [0, 0.05) is 49.2 Å². The van der Waals surface area contributed by atoms with Gasteiger partial charge in [-0.1, -0.05) is 0 Å². The van der Waals surface area contributed by atoms with Crippen molar-refractivity contribution in [2.75, 3.05) is 48.4 Å². The number of ether oxygens (including phenoxy) is 1. The lowest BCUT2D eigenvalue weighted by Crippen LogP contribution is -2.41. The van der Waals surface area contributed by atoms with Crippen LogP contribution in [-0.2, 0) is 4.79 Å². The minimum atomic E-state index is -0.0874. The van der Waals surface area contributed by atoms with Gasteiger partial charge in [-0.2, -0.15) is 0 Å². The van der Waals surface area contributed by atoms with Crippen LogP contribution in [0.2, 0.25) is 0 Å². The second kappa shape index (κ2) is 11.0. The van der Waals surface area contributed by atoms with Crippen molar-refractivity contribution >= 4 is 23.1 Å². The standard InChI is InChI=1S/C27H33N5O2/c1-4-31(5-2)23-12-10-22(11-13-23)30-27(33)21-7-6-16-32(18-21)26-17-25(28-19-29-26)20-8-14-24(34-3)15-9-20/h8-15,17,19,21H,4-7,16,18H2,1-3H3,(H,30,33). The SMILES string of the molecule is CCN(CC)c1ccc(NC(=O)C2CCCN(c3cc(-c4ccc(OC)cc4)ncn3)C2)cc1. The van der Waals surface area contributed by atoms with E-state index in [1.807, 2.05) is 42.5 Å². The molecule has 1 fully saturated rings. The Hall–Kier alpha value is -3.61. The Labute approximate surface area is 201 Å². The van der Waals surface area contributed by atoms with Gasteiger partial charge in [0.1, 0.15) is 17.9 Å². The van der Waals surface area contributed by atoms with Crippen LogP contribution >= 0.6 is 0 Å². The van der Waals surface area contributed by atoms with E-state index in [1.54, 1.807) is 13.4 Å². The van der Waals surface area contributed by atoms with E-state index in [2.05, 4.69) is 51.1 Å². The Morgan fingerprint density at radius 1 is 1.09 bits per heavy atom. The average molecular weight is 460 g/mol. The Kier molecular flexibility index (Phi) is 7.62. The van der Waals surface area contributed by atoms with Crippen molar-refractivity contribution < 1.29 is 9.53 Å². The van der Waals surface area contributed by atoms with E-state index in [4.69, 9.17) is 4.74 Å². The zero-order valence-corrected chi connectivity index (χ0v) is 20.2. The number of benzene rings is 2. The fraction of sp³-hybridized carbons (Fsp3) is 0.370. The minimum absolute atomic E-state index is 0.0599. The van der Waals surface area contributed by atoms with Crippen LogP contribution in [0.15, 0.2) is 60.9 Å². The summed E-state index contributed by atoms with van der Waals surface area (Å²) in [5.74, 6) is 1.63. The van der Waals surface area contributed by atoms with Crippen LogP contribution in [0, 0.1) is 5.92 Å². The molecule has 1 aliphatic heterocycles. The Bertz CT molecular complexity index is 1080. The first-order valence-electron chi connectivity index (χ1n) is 12.0. The van der Waals surface area contributed by atoms with Gasteiger partial charge < -0.3 is 19.9 Å². The zero-order valence-electron chi connectivity index (χ0n) is 20.2. The highest BCUT2D eigenvalue weighted by Crippen LogP contribution is 2.27. The van der Waals surface area contributed by atoms with Gasteiger partial charge in [0.2, 0.25) is 5.91 Å². The molecule has 1 saturated heterocycles. The summed E-state index contributed by atoms with van der Waals surface area (Å²) >= 11 is 0. The molecule has 7 nitrogen and oxygen atoms in total. The molecule has 1 aromatic heterocycles. The van der Waals surface area contributed by atoms with E-state index < -0.39 is 0 Å². The summed E-state index contributed by atoms with van der Waals surface area (Å²) in [6, 6.07) is 17.9. The molecule has 1 amide bonds. The normalized spacial score (nSPS) is 15.6. The molecule has 34 heavy (non-hydrogen) atoms. The molecule has 1 aliphatic rings. The lowest BCUT2D eigenvalue weighted by molar-refractivity contribution is -0.120. The number of carbonyl (C=O) groups excluding carboxylic acids is 1. The third-order valence-electron chi connectivity index (χ3n) is 6.42. The summed E-state index contributed by atoms with van der Waals surface area (Å²) in [7, 11) is 1.65. The first-order chi connectivity index (χ1) is 16.6. The third-order valence-corrected chi connectivity index (χ3v) is 6.42. The highest BCUT2D eigenvalue weighted by molar-refractivity contribution is 5.93. The lowest BCUT2D eigenvalue weighted by atomic mass is 9.97. The van der Waals surface area contributed by atoms with Crippen LogP contribution in [0.1, 0.15) is 26.7 Å². The highest BCUT2D eigenvalue weighted by atomic mass is 16.5. The second-order valence-electron chi connectivity index (χ2n) is 8.48. The van der Waals surface area contributed by atoms with E-state index in [9.17, 15) is 4.79 Å². The largest absolute Gasteiger partial charge is 0.497 e. The molecule has 1 N–H and O–H groups in total. The number of carbonyl (C=O) groups is 1. The molecule has 0 spiro atoms. The quantitative estimate of drug-likeness (QED) is 0.519. The summed E-state index contributed by atoms with van der Waals surface area (Å²) < 4.78 is 5.25. The van der Waals surface area contributed by atoms with Crippen LogP contribution in [0.25, 0.3) is 11.3 Å². The summed E-state index contributed by atoms with van der Waals surface area (Å²) in [5.41, 5.74) is 3.86. The fourth-order valence-corrected chi connectivity index (χ4v) is 4.43. The van der Waals surface area contributed by atoms with E-state index in [0.717, 1.165) is 61.0 Å². The molecule has 0 bridgehead atoms. The first kappa shape index (κ1) is 23.5. The Morgan fingerprint density at radius 2 is 1.82 bits per heavy atom. The number of aromatic nitrogens is 2. The van der Waals surface area contributed by atoms with Crippen LogP contribution in [0.4, 0.5) is 17.2 Å². The van der Waals surface area contributed by atoms with Crippen LogP contribution in [0.5, 0.6) is 5.75 Å². The molecule has 178 valence electrons. The molecule has 0 saturated carbocycles. The predicted octanol–water partition coefficient (Wildman–Crippen LogP) is 4.85. The third kappa shape index (κ3) is 5.47. The number of hydrogen-bond acceptors (Lipinski definition) is 6. The number of anilines is 3. The number of rotatable bonds is 8. The van der Waals surface area contributed by atoms with E-state index in [1.165, 1.54) is 5.69 Å². The molecule has 1 unspecified atom stereocenters. The maximum atomic E-state index is 13.0. The molecule has 3 aromatic rings.